The van der Waals surface area contributed by atoms with E-state index >= 15 is 0 Å². The minimum absolute atomic E-state index is 0.0166. The Kier molecular flexibility index (Phi) is 11.2. The molecular weight excluding hydrogens is 196 g/mol. The summed E-state index contributed by atoms with van der Waals surface area (Å²) in [5.74, 6) is 0. The van der Waals surface area contributed by atoms with Crippen LogP contribution in [0.15, 0.2) is 0 Å². The van der Waals surface area contributed by atoms with Crippen LogP contribution in [-0.4, -0.2) is 43.0 Å². The fourth-order valence-electron chi connectivity index (χ4n) is 1.07. The van der Waals surface area contributed by atoms with Gasteiger partial charge in [-0.05, 0) is 32.7 Å². The Hall–Kier alpha value is 0.0569. The number of nitrogens with one attached hydrogen (secondary N) is 1. The molecule has 0 aliphatic carbocycles. The molecule has 1 atom stereocenters. The zero-order valence-electron chi connectivity index (χ0n) is 9.42. The van der Waals surface area contributed by atoms with E-state index in [-0.39, 0.29) is 6.29 Å². The average molecular weight is 220 g/mol. The van der Waals surface area contributed by atoms with Crippen LogP contribution >= 0.6 is 0 Å². The smallest absolute Gasteiger partial charge is 0.149 e. The van der Waals surface area contributed by atoms with Gasteiger partial charge in [0, 0.05) is 19.7 Å². The Balaban J connectivity index is 2.92. The minimum Gasteiger partial charge on any atom is -0.404 e. The molecule has 0 heterocycles. The number of hydrogen-bond acceptors (Lipinski definition) is 4. The van der Waals surface area contributed by atoms with E-state index in [0.717, 1.165) is 43.1 Å². The van der Waals surface area contributed by atoms with Gasteiger partial charge < -0.3 is 20.2 Å². The lowest BCUT2D eigenvalue weighted by atomic mass is 10.2. The summed E-state index contributed by atoms with van der Waals surface area (Å²) in [5.41, 5.74) is 5.35. The molecule has 0 bridgehead atoms. The molecule has 3 N–H and O–H groups in total. The summed E-state index contributed by atoms with van der Waals surface area (Å²) in [4.78, 5) is 0. The second-order valence-corrected chi connectivity index (χ2v) is 3.74. The molecule has 0 spiro atoms. The van der Waals surface area contributed by atoms with Crippen LogP contribution in [0.5, 0.6) is 0 Å². The van der Waals surface area contributed by atoms with Gasteiger partial charge in [0.05, 0.1) is 0 Å². The lowest BCUT2D eigenvalue weighted by molar-refractivity contribution is -0.0638. The van der Waals surface area contributed by atoms with E-state index in [9.17, 15) is 0 Å². The molecule has 5 heteroatoms. The maximum absolute atomic E-state index is 5.39. The van der Waals surface area contributed by atoms with Crippen molar-refractivity contribution in [1.82, 2.24) is 5.32 Å². The molecule has 0 fully saturated rings. The van der Waals surface area contributed by atoms with Crippen molar-refractivity contribution in [1.29, 1.82) is 0 Å². The van der Waals surface area contributed by atoms with Crippen molar-refractivity contribution in [2.75, 3.05) is 26.2 Å². The summed E-state index contributed by atoms with van der Waals surface area (Å²) in [6, 6.07) is 0. The van der Waals surface area contributed by atoms with Crippen molar-refractivity contribution < 1.29 is 9.16 Å². The fourth-order valence-corrected chi connectivity index (χ4v) is 1.21. The van der Waals surface area contributed by atoms with Crippen LogP contribution in [0.3, 0.4) is 0 Å². The molecule has 0 saturated carbocycles. The normalized spacial score (nSPS) is 13.3. The zero-order valence-corrected chi connectivity index (χ0v) is 11.4. The molecule has 0 rings (SSSR count). The predicted molar refractivity (Wildman–Crippen MR) is 62.2 cm³/mol. The van der Waals surface area contributed by atoms with E-state index in [4.69, 9.17) is 14.9 Å². The summed E-state index contributed by atoms with van der Waals surface area (Å²) in [5, 5.41) is 3.26. The van der Waals surface area contributed by atoms with Crippen LogP contribution in [0.2, 0.25) is 0 Å². The fraction of sp³-hybridized carbons (Fsp3) is 1.00. The Labute approximate surface area is 90.1 Å². The Morgan fingerprint density at radius 1 is 1.29 bits per heavy atom. The first kappa shape index (κ1) is 14.1. The van der Waals surface area contributed by atoms with Crippen molar-refractivity contribution in [2.24, 2.45) is 5.73 Å². The largest absolute Gasteiger partial charge is 0.404 e. The average Bonchev–Trinajstić information content (AvgIpc) is 2.21. The third-order valence-corrected chi connectivity index (χ3v) is 2.67. The molecule has 0 aromatic rings. The molecule has 86 valence electrons. The van der Waals surface area contributed by atoms with Crippen molar-refractivity contribution in [2.45, 2.75) is 32.5 Å². The highest BCUT2D eigenvalue weighted by molar-refractivity contribution is 5.98. The number of ether oxygens (including phenoxy) is 1. The molecule has 0 aromatic heterocycles. The van der Waals surface area contributed by atoms with Gasteiger partial charge in [0.15, 0.2) is 0 Å². The van der Waals surface area contributed by atoms with Crippen molar-refractivity contribution in [3.8, 4) is 0 Å². The summed E-state index contributed by atoms with van der Waals surface area (Å²) in [7, 11) is 0.747. The van der Waals surface area contributed by atoms with Crippen LogP contribution in [0, 0.1) is 0 Å². The topological polar surface area (TPSA) is 56.5 Å². The van der Waals surface area contributed by atoms with E-state index in [0.29, 0.717) is 0 Å². The van der Waals surface area contributed by atoms with E-state index in [1.807, 2.05) is 6.92 Å². The maximum atomic E-state index is 5.39. The number of unbranched alkanes of at least 4 members (excludes halogenated alkanes) is 2. The minimum atomic E-state index is -0.0166. The second kappa shape index (κ2) is 11.1. The van der Waals surface area contributed by atoms with Crippen molar-refractivity contribution in [3.05, 3.63) is 0 Å². The van der Waals surface area contributed by atoms with Gasteiger partial charge in [-0.1, -0.05) is 0 Å². The molecule has 14 heavy (non-hydrogen) atoms. The first-order valence-electron chi connectivity index (χ1n) is 5.36. The molecule has 0 aliphatic heterocycles. The van der Waals surface area contributed by atoms with Crippen LogP contribution in [0.4, 0.5) is 0 Å². The van der Waals surface area contributed by atoms with Gasteiger partial charge in [-0.15, -0.1) is 0 Å². The lowest BCUT2D eigenvalue weighted by Crippen LogP contribution is -2.23. The highest BCUT2D eigenvalue weighted by Gasteiger charge is 1.96. The van der Waals surface area contributed by atoms with E-state index in [2.05, 4.69) is 5.32 Å². The Morgan fingerprint density at radius 3 is 2.71 bits per heavy atom. The van der Waals surface area contributed by atoms with Crippen LogP contribution in [0.25, 0.3) is 0 Å². The molecule has 1 unspecified atom stereocenters. The number of hydrogen-bond donors (Lipinski definition) is 2. The zero-order chi connectivity index (χ0) is 10.6. The first-order valence-corrected chi connectivity index (χ1v) is 6.18. The van der Waals surface area contributed by atoms with Crippen molar-refractivity contribution >= 4 is 10.5 Å². The number of rotatable bonds is 10. The van der Waals surface area contributed by atoms with E-state index < -0.39 is 0 Å². The van der Waals surface area contributed by atoms with Gasteiger partial charge in [0.1, 0.15) is 16.8 Å². The first-order chi connectivity index (χ1) is 6.81. The highest BCUT2D eigenvalue weighted by Crippen LogP contribution is 1.97. The predicted octanol–water partition coefficient (Wildman–Crippen LogP) is -0.635. The lowest BCUT2D eigenvalue weighted by Gasteiger charge is -2.11. The highest BCUT2D eigenvalue weighted by atomic mass is 28.2. The van der Waals surface area contributed by atoms with E-state index in [1.54, 1.807) is 0 Å². The third-order valence-electron chi connectivity index (χ3n) is 2.00. The summed E-state index contributed by atoms with van der Waals surface area (Å²) in [6.45, 7) is 5.44. The van der Waals surface area contributed by atoms with Crippen molar-refractivity contribution in [3.63, 3.8) is 0 Å². The van der Waals surface area contributed by atoms with Gasteiger partial charge >= 0.3 is 0 Å². The summed E-state index contributed by atoms with van der Waals surface area (Å²) < 4.78 is 10.5. The van der Waals surface area contributed by atoms with Crippen LogP contribution in [0.1, 0.15) is 26.2 Å². The Morgan fingerprint density at radius 2 is 2.07 bits per heavy atom. The van der Waals surface area contributed by atoms with Gasteiger partial charge in [-0.2, -0.15) is 0 Å². The Bertz CT molecular complexity index is 117. The summed E-state index contributed by atoms with van der Waals surface area (Å²) in [6.07, 6.45) is 3.49. The molecular formula is C9H24N2O2Si. The molecule has 0 aliphatic rings. The van der Waals surface area contributed by atoms with E-state index in [1.165, 1.54) is 12.8 Å². The standard InChI is InChI=1S/C9H24N2O2Si/c1-9(13-14)12-8-4-2-3-6-11-7-5-10/h9,11H,2-8,10H2,1,14H3. The monoisotopic (exact) mass is 220 g/mol. The molecule has 0 amide bonds. The second-order valence-electron chi connectivity index (χ2n) is 3.27. The number of nitrogens with two attached hydrogens (primary N) is 1. The van der Waals surface area contributed by atoms with Crippen LogP contribution in [-0.2, 0) is 9.16 Å². The quantitative estimate of drug-likeness (QED) is 0.292. The molecule has 0 aromatic carbocycles. The van der Waals surface area contributed by atoms with Gasteiger partial charge in [-0.25, -0.2) is 0 Å². The SMILES string of the molecule is CC(O[SiH3])OCCCCCNCCN. The van der Waals surface area contributed by atoms with Crippen LogP contribution < -0.4 is 11.1 Å². The van der Waals surface area contributed by atoms with Gasteiger partial charge in [0.25, 0.3) is 0 Å². The van der Waals surface area contributed by atoms with Gasteiger partial charge in [-0.3, -0.25) is 0 Å². The molecule has 4 nitrogen and oxygen atoms in total. The van der Waals surface area contributed by atoms with Gasteiger partial charge in [0.2, 0.25) is 0 Å². The maximum Gasteiger partial charge on any atom is 0.149 e. The summed E-state index contributed by atoms with van der Waals surface area (Å²) >= 11 is 0. The third kappa shape index (κ3) is 10.1. The molecule has 0 saturated heterocycles. The molecule has 0 radical (unpaired) electrons.